The molecule has 0 aliphatic rings. The Hall–Kier alpha value is -2.98. The first kappa shape index (κ1) is 29.3. The van der Waals surface area contributed by atoms with Crippen molar-refractivity contribution >= 4 is 23.1 Å². The standard InChI is InChI=1S/C25H36ClF2N7O/c1-5-8-20(27)9-10-21(28)17-33(4)14-18(7-3)15-34-16-19(13-31-34)12-30-22-23(29)32-25(26)35(11-6-2)24(22)36/h5,8,10,13,16,18,30H,1,6-7,9,11-12,14-15,17,29H2,2-4H3/b20-8+,21-10+. The van der Waals surface area contributed by atoms with Crippen LogP contribution in [0.5, 0.6) is 0 Å². The Morgan fingerprint density at radius 3 is 2.78 bits per heavy atom. The van der Waals surface area contributed by atoms with Crippen LogP contribution in [-0.2, 0) is 19.6 Å². The predicted octanol–water partition coefficient (Wildman–Crippen LogP) is 4.94. The van der Waals surface area contributed by atoms with Gasteiger partial charge in [0.1, 0.15) is 17.3 Å². The summed E-state index contributed by atoms with van der Waals surface area (Å²) in [7, 11) is 1.83. The summed E-state index contributed by atoms with van der Waals surface area (Å²) in [5.74, 6) is -0.515. The number of likely N-dealkylation sites (N-methyl/N-ethyl adjacent to an activating group) is 1. The van der Waals surface area contributed by atoms with Crippen molar-refractivity contribution in [1.82, 2.24) is 24.2 Å². The summed E-state index contributed by atoms with van der Waals surface area (Å²) < 4.78 is 30.7. The highest BCUT2D eigenvalue weighted by Crippen LogP contribution is 2.16. The minimum Gasteiger partial charge on any atom is -0.382 e. The minimum atomic E-state index is -0.431. The van der Waals surface area contributed by atoms with Gasteiger partial charge in [0.15, 0.2) is 5.82 Å². The fraction of sp³-hybridized carbons (Fsp3) is 0.480. The molecule has 0 saturated heterocycles. The first-order valence-electron chi connectivity index (χ1n) is 12.0. The van der Waals surface area contributed by atoms with Crippen molar-refractivity contribution < 1.29 is 8.78 Å². The average molecular weight is 524 g/mol. The number of rotatable bonds is 15. The van der Waals surface area contributed by atoms with Crippen molar-refractivity contribution in [3.05, 3.63) is 70.1 Å². The molecule has 1 atom stereocenters. The first-order chi connectivity index (χ1) is 17.2. The Morgan fingerprint density at radius 1 is 1.36 bits per heavy atom. The molecule has 36 heavy (non-hydrogen) atoms. The van der Waals surface area contributed by atoms with Crippen LogP contribution in [-0.4, -0.2) is 44.4 Å². The molecule has 198 valence electrons. The lowest BCUT2D eigenvalue weighted by atomic mass is 10.1. The molecule has 0 spiro atoms. The average Bonchev–Trinajstić information content (AvgIpc) is 3.27. The van der Waals surface area contributed by atoms with E-state index in [-0.39, 0.29) is 47.1 Å². The Bertz CT molecular complexity index is 1130. The van der Waals surface area contributed by atoms with Gasteiger partial charge in [-0.2, -0.15) is 5.10 Å². The second-order valence-corrected chi connectivity index (χ2v) is 9.04. The maximum Gasteiger partial charge on any atom is 0.280 e. The lowest BCUT2D eigenvalue weighted by Crippen LogP contribution is -2.29. The van der Waals surface area contributed by atoms with Crippen LogP contribution < -0.4 is 16.6 Å². The topological polar surface area (TPSA) is 94.0 Å². The molecule has 0 bridgehead atoms. The van der Waals surface area contributed by atoms with Crippen LogP contribution in [0.4, 0.5) is 20.3 Å². The van der Waals surface area contributed by atoms with Gasteiger partial charge in [0, 0.05) is 50.9 Å². The summed E-state index contributed by atoms with van der Waals surface area (Å²) in [5.41, 5.74) is 6.69. The van der Waals surface area contributed by atoms with E-state index in [1.165, 1.54) is 22.8 Å². The summed E-state index contributed by atoms with van der Waals surface area (Å²) in [4.78, 5) is 18.6. The zero-order chi connectivity index (χ0) is 26.7. The maximum absolute atomic E-state index is 14.1. The number of hydrogen-bond donors (Lipinski definition) is 2. The molecular weight excluding hydrogens is 488 g/mol. The molecule has 0 radical (unpaired) electrons. The summed E-state index contributed by atoms with van der Waals surface area (Å²) in [6.45, 7) is 9.65. The Morgan fingerprint density at radius 2 is 2.11 bits per heavy atom. The van der Waals surface area contributed by atoms with Crippen molar-refractivity contribution in [1.29, 1.82) is 0 Å². The van der Waals surface area contributed by atoms with E-state index in [9.17, 15) is 13.6 Å². The van der Waals surface area contributed by atoms with Gasteiger partial charge < -0.3 is 11.1 Å². The molecule has 8 nitrogen and oxygen atoms in total. The quantitative estimate of drug-likeness (QED) is 0.254. The smallest absolute Gasteiger partial charge is 0.280 e. The predicted molar refractivity (Wildman–Crippen MR) is 142 cm³/mol. The van der Waals surface area contributed by atoms with E-state index in [0.717, 1.165) is 18.4 Å². The molecule has 0 aromatic carbocycles. The lowest BCUT2D eigenvalue weighted by Gasteiger charge is -2.22. The molecular formula is C25H36ClF2N7O. The first-order valence-corrected chi connectivity index (χ1v) is 12.4. The number of nitrogen functional groups attached to an aromatic ring is 1. The normalized spacial score (nSPS) is 13.3. The van der Waals surface area contributed by atoms with E-state index in [4.69, 9.17) is 17.3 Å². The highest BCUT2D eigenvalue weighted by atomic mass is 35.5. The maximum atomic E-state index is 14.1. The second kappa shape index (κ2) is 14.5. The molecule has 0 aliphatic heterocycles. The summed E-state index contributed by atoms with van der Waals surface area (Å²) in [5, 5.41) is 7.55. The number of allylic oxidation sites excluding steroid dienone is 4. The zero-order valence-corrected chi connectivity index (χ0v) is 21.9. The van der Waals surface area contributed by atoms with Gasteiger partial charge in [0.2, 0.25) is 5.28 Å². The van der Waals surface area contributed by atoms with Crippen LogP contribution in [0, 0.1) is 5.92 Å². The van der Waals surface area contributed by atoms with E-state index in [2.05, 4.69) is 28.9 Å². The third-order valence-corrected chi connectivity index (χ3v) is 5.87. The third-order valence-electron chi connectivity index (χ3n) is 5.58. The highest BCUT2D eigenvalue weighted by Gasteiger charge is 2.15. The molecule has 2 aromatic rings. The summed E-state index contributed by atoms with van der Waals surface area (Å²) >= 11 is 6.05. The molecule has 2 rings (SSSR count). The third kappa shape index (κ3) is 8.91. The van der Waals surface area contributed by atoms with Crippen molar-refractivity contribution in [3.63, 3.8) is 0 Å². The fourth-order valence-corrected chi connectivity index (χ4v) is 3.98. The number of nitrogens with two attached hydrogens (primary N) is 1. The van der Waals surface area contributed by atoms with E-state index in [1.807, 2.05) is 29.7 Å². The van der Waals surface area contributed by atoms with Gasteiger partial charge in [0.05, 0.1) is 6.20 Å². The van der Waals surface area contributed by atoms with Crippen LogP contribution >= 0.6 is 11.6 Å². The Kier molecular flexibility index (Phi) is 11.8. The van der Waals surface area contributed by atoms with Gasteiger partial charge >= 0.3 is 0 Å². The molecule has 1 unspecified atom stereocenters. The molecule has 0 fully saturated rings. The second-order valence-electron chi connectivity index (χ2n) is 8.70. The molecule has 0 saturated carbocycles. The number of nitrogens with one attached hydrogen (secondary N) is 1. The molecule has 2 aromatic heterocycles. The molecule has 0 aliphatic carbocycles. The van der Waals surface area contributed by atoms with Crippen LogP contribution in [0.2, 0.25) is 5.28 Å². The highest BCUT2D eigenvalue weighted by molar-refractivity contribution is 6.28. The lowest BCUT2D eigenvalue weighted by molar-refractivity contribution is 0.251. The number of aromatic nitrogens is 4. The van der Waals surface area contributed by atoms with Gasteiger partial charge in [0.25, 0.3) is 5.56 Å². The van der Waals surface area contributed by atoms with E-state index < -0.39 is 5.83 Å². The molecule has 3 N–H and O–H groups in total. The number of anilines is 2. The summed E-state index contributed by atoms with van der Waals surface area (Å²) in [6, 6.07) is 0. The van der Waals surface area contributed by atoms with Crippen LogP contribution in [0.15, 0.2) is 53.6 Å². The van der Waals surface area contributed by atoms with E-state index in [1.54, 1.807) is 6.20 Å². The van der Waals surface area contributed by atoms with Crippen LogP contribution in [0.3, 0.4) is 0 Å². The van der Waals surface area contributed by atoms with Crippen molar-refractivity contribution in [2.45, 2.75) is 52.7 Å². The largest absolute Gasteiger partial charge is 0.382 e. The van der Waals surface area contributed by atoms with Gasteiger partial charge in [-0.15, -0.1) is 0 Å². The monoisotopic (exact) mass is 523 g/mol. The van der Waals surface area contributed by atoms with Crippen LogP contribution in [0.1, 0.15) is 38.7 Å². The molecule has 0 amide bonds. The zero-order valence-electron chi connectivity index (χ0n) is 21.2. The van der Waals surface area contributed by atoms with Crippen LogP contribution in [0.25, 0.3) is 0 Å². The Balaban J connectivity index is 1.94. The molecule has 2 heterocycles. The van der Waals surface area contributed by atoms with E-state index in [0.29, 0.717) is 26.2 Å². The van der Waals surface area contributed by atoms with Gasteiger partial charge in [-0.05, 0) is 43.1 Å². The Labute approximate surface area is 216 Å². The molecule has 11 heteroatoms. The number of nitrogens with zero attached hydrogens (tertiary/aromatic N) is 5. The number of hydrogen-bond acceptors (Lipinski definition) is 6. The van der Waals surface area contributed by atoms with Gasteiger partial charge in [-0.1, -0.05) is 32.9 Å². The van der Waals surface area contributed by atoms with Crippen molar-refractivity contribution in [2.24, 2.45) is 5.92 Å². The van der Waals surface area contributed by atoms with Gasteiger partial charge in [-0.25, -0.2) is 13.8 Å². The SMILES string of the molecule is C=C/C=C(/F)C/C=C(/F)CN(C)CC(CC)Cn1cc(CNc2c(N)nc(Cl)n(CCC)c2=O)cn1. The van der Waals surface area contributed by atoms with Gasteiger partial charge in [-0.3, -0.25) is 18.9 Å². The fourth-order valence-electron chi connectivity index (χ4n) is 3.73. The summed E-state index contributed by atoms with van der Waals surface area (Å²) in [6.07, 6.45) is 8.96. The van der Waals surface area contributed by atoms with E-state index >= 15 is 0 Å². The number of halogens is 3. The van der Waals surface area contributed by atoms with Crippen molar-refractivity contribution in [2.75, 3.05) is 31.2 Å². The van der Waals surface area contributed by atoms with Crippen molar-refractivity contribution in [3.8, 4) is 0 Å². The minimum absolute atomic E-state index is 0.0552.